The van der Waals surface area contributed by atoms with Crippen LogP contribution in [0.1, 0.15) is 43.9 Å². The van der Waals surface area contributed by atoms with Gasteiger partial charge in [0, 0.05) is 10.4 Å². The van der Waals surface area contributed by atoms with Gasteiger partial charge in [0.15, 0.2) is 0 Å². The smallest absolute Gasteiger partial charge is 0.0976 e. The minimum absolute atomic E-state index is 0.0202. The average molecular weight is 406 g/mol. The van der Waals surface area contributed by atoms with E-state index in [-0.39, 0.29) is 16.7 Å². The van der Waals surface area contributed by atoms with Crippen LogP contribution in [0.4, 0.5) is 0 Å². The third-order valence-electron chi connectivity index (χ3n) is 3.82. The van der Waals surface area contributed by atoms with E-state index in [1.165, 1.54) is 0 Å². The number of nitrogens with one attached hydrogen (secondary N) is 1. The van der Waals surface area contributed by atoms with Crippen molar-refractivity contribution >= 4 is 26.9 Å². The number of hydrogen-bond acceptors (Lipinski definition) is 1. The highest BCUT2D eigenvalue weighted by molar-refractivity contribution is 9.10. The van der Waals surface area contributed by atoms with Crippen molar-refractivity contribution in [1.82, 2.24) is 4.72 Å². The van der Waals surface area contributed by atoms with Crippen molar-refractivity contribution in [3.63, 3.8) is 0 Å². The second-order valence-electron chi connectivity index (χ2n) is 6.70. The highest BCUT2D eigenvalue weighted by atomic mass is 79.9. The van der Waals surface area contributed by atoms with E-state index >= 15 is 0 Å². The summed E-state index contributed by atoms with van der Waals surface area (Å²) in [5.41, 5.74) is 2.24. The van der Waals surface area contributed by atoms with Crippen LogP contribution in [0.3, 0.4) is 0 Å². The van der Waals surface area contributed by atoms with Gasteiger partial charge in [-0.05, 0) is 44.0 Å². The highest BCUT2D eigenvalue weighted by Gasteiger charge is 2.28. The van der Waals surface area contributed by atoms with Gasteiger partial charge in [-0.15, -0.1) is 6.58 Å². The van der Waals surface area contributed by atoms with E-state index in [0.717, 1.165) is 15.6 Å². The van der Waals surface area contributed by atoms with Crippen LogP contribution in [0.5, 0.6) is 0 Å². The van der Waals surface area contributed by atoms with E-state index in [4.69, 9.17) is 0 Å². The molecule has 0 radical (unpaired) electrons. The molecule has 0 bridgehead atoms. The molecule has 2 aromatic rings. The Morgan fingerprint density at radius 3 is 2.12 bits per heavy atom. The zero-order valence-electron chi connectivity index (χ0n) is 14.3. The molecule has 2 aromatic carbocycles. The first-order valence-corrected chi connectivity index (χ1v) is 9.88. The number of benzene rings is 2. The van der Waals surface area contributed by atoms with Gasteiger partial charge in [-0.1, -0.05) is 64.5 Å². The predicted octanol–water partition coefficient (Wildman–Crippen LogP) is 5.51. The lowest BCUT2D eigenvalue weighted by molar-refractivity contribution is 0.566. The minimum atomic E-state index is -1.18. The standard InChI is InChI=1S/C20H24BrNOS/c1-5-18(15-11-13-17(21)14-12-15)19(16-9-7-6-8-10-16)22-24(23)20(2,3)4/h5-14,18-19,22H,1H2,2-4H3/t18-,19+,24?/m0/s1. The lowest BCUT2D eigenvalue weighted by Gasteiger charge is -2.29. The molecule has 0 spiro atoms. The van der Waals surface area contributed by atoms with Gasteiger partial charge in [0.25, 0.3) is 0 Å². The number of hydrogen-bond donors (Lipinski definition) is 1. The molecular weight excluding hydrogens is 382 g/mol. The first kappa shape index (κ1) is 19.1. The molecule has 0 aliphatic heterocycles. The molecule has 2 nitrogen and oxygen atoms in total. The first-order chi connectivity index (χ1) is 11.3. The van der Waals surface area contributed by atoms with Crippen LogP contribution in [0.15, 0.2) is 71.7 Å². The zero-order valence-corrected chi connectivity index (χ0v) is 16.7. The first-order valence-electron chi connectivity index (χ1n) is 7.94. The van der Waals surface area contributed by atoms with Crippen LogP contribution in [0, 0.1) is 0 Å². The van der Waals surface area contributed by atoms with Gasteiger partial charge in [0.05, 0.1) is 21.8 Å². The Labute approximate surface area is 156 Å². The molecule has 2 rings (SSSR count). The van der Waals surface area contributed by atoms with Crippen LogP contribution in [-0.2, 0) is 11.0 Å². The van der Waals surface area contributed by atoms with E-state index in [1.54, 1.807) is 0 Å². The molecule has 0 aliphatic rings. The van der Waals surface area contributed by atoms with Gasteiger partial charge in [-0.25, -0.2) is 8.93 Å². The fourth-order valence-electron chi connectivity index (χ4n) is 2.45. The average Bonchev–Trinajstić information content (AvgIpc) is 2.56. The van der Waals surface area contributed by atoms with Gasteiger partial charge in [-0.3, -0.25) is 0 Å². The molecule has 0 aromatic heterocycles. The summed E-state index contributed by atoms with van der Waals surface area (Å²) < 4.78 is 16.7. The van der Waals surface area contributed by atoms with Crippen molar-refractivity contribution in [2.75, 3.05) is 0 Å². The summed E-state index contributed by atoms with van der Waals surface area (Å²) in [5.74, 6) is 0.0202. The molecule has 4 heteroatoms. The van der Waals surface area contributed by atoms with E-state index in [2.05, 4.69) is 51.5 Å². The maximum Gasteiger partial charge on any atom is 0.0976 e. The van der Waals surface area contributed by atoms with Crippen LogP contribution < -0.4 is 4.72 Å². The van der Waals surface area contributed by atoms with Crippen molar-refractivity contribution in [2.45, 2.75) is 37.5 Å². The Kier molecular flexibility index (Phi) is 6.55. The summed E-state index contributed by atoms with van der Waals surface area (Å²) >= 11 is 3.47. The Balaban J connectivity index is 2.41. The van der Waals surface area contributed by atoms with E-state index < -0.39 is 11.0 Å². The second kappa shape index (κ2) is 8.24. The van der Waals surface area contributed by atoms with Crippen LogP contribution in [0.25, 0.3) is 0 Å². The van der Waals surface area contributed by atoms with Crippen molar-refractivity contribution in [1.29, 1.82) is 0 Å². The van der Waals surface area contributed by atoms with Crippen molar-refractivity contribution in [2.24, 2.45) is 0 Å². The molecule has 0 aliphatic carbocycles. The fourth-order valence-corrected chi connectivity index (χ4v) is 3.58. The van der Waals surface area contributed by atoms with E-state index in [1.807, 2.05) is 57.2 Å². The maximum atomic E-state index is 12.7. The number of rotatable bonds is 6. The molecule has 0 amide bonds. The zero-order chi connectivity index (χ0) is 17.7. The summed E-state index contributed by atoms with van der Waals surface area (Å²) in [7, 11) is -1.18. The molecule has 24 heavy (non-hydrogen) atoms. The fraction of sp³-hybridized carbons (Fsp3) is 0.300. The Bertz CT molecular complexity index is 692. The van der Waals surface area contributed by atoms with Crippen LogP contribution in [0.2, 0.25) is 0 Å². The number of halogens is 1. The molecule has 1 N–H and O–H groups in total. The third-order valence-corrected chi connectivity index (χ3v) is 5.93. The monoisotopic (exact) mass is 405 g/mol. The molecular formula is C20H24BrNOS. The van der Waals surface area contributed by atoms with Gasteiger partial charge in [-0.2, -0.15) is 0 Å². The van der Waals surface area contributed by atoms with Gasteiger partial charge >= 0.3 is 0 Å². The molecule has 128 valence electrons. The predicted molar refractivity (Wildman–Crippen MR) is 107 cm³/mol. The lowest BCUT2D eigenvalue weighted by Crippen LogP contribution is -2.37. The van der Waals surface area contributed by atoms with Crippen LogP contribution in [-0.4, -0.2) is 8.96 Å². The van der Waals surface area contributed by atoms with Crippen molar-refractivity contribution in [3.8, 4) is 0 Å². The van der Waals surface area contributed by atoms with Crippen LogP contribution >= 0.6 is 15.9 Å². The topological polar surface area (TPSA) is 29.1 Å². The Morgan fingerprint density at radius 1 is 1.04 bits per heavy atom. The Hall–Kier alpha value is -1.23. The molecule has 0 saturated heterocycles. The molecule has 0 heterocycles. The molecule has 1 unspecified atom stereocenters. The molecule has 0 fully saturated rings. The Morgan fingerprint density at radius 2 is 1.62 bits per heavy atom. The maximum absolute atomic E-state index is 12.7. The summed E-state index contributed by atoms with van der Waals surface area (Å²) in [6.07, 6.45) is 1.92. The van der Waals surface area contributed by atoms with Crippen molar-refractivity contribution in [3.05, 3.63) is 82.9 Å². The van der Waals surface area contributed by atoms with Gasteiger partial charge in [0.2, 0.25) is 0 Å². The molecule has 0 saturated carbocycles. The van der Waals surface area contributed by atoms with E-state index in [0.29, 0.717) is 0 Å². The third kappa shape index (κ3) is 4.88. The summed E-state index contributed by atoms with van der Waals surface area (Å²) in [6.45, 7) is 9.94. The minimum Gasteiger partial charge on any atom is -0.242 e. The second-order valence-corrected chi connectivity index (χ2v) is 9.61. The largest absolute Gasteiger partial charge is 0.242 e. The summed E-state index contributed by atoms with van der Waals surface area (Å²) in [5, 5.41) is 0. The van der Waals surface area contributed by atoms with Gasteiger partial charge in [0.1, 0.15) is 0 Å². The summed E-state index contributed by atoms with van der Waals surface area (Å²) in [4.78, 5) is 0. The normalized spacial score (nSPS) is 15.5. The lowest BCUT2D eigenvalue weighted by atomic mass is 9.88. The quantitative estimate of drug-likeness (QED) is 0.630. The molecule has 3 atom stereocenters. The summed E-state index contributed by atoms with van der Waals surface area (Å²) in [6, 6.07) is 18.2. The SMILES string of the molecule is C=C[C@@H](c1ccc(Br)cc1)[C@H](NS(=O)C(C)(C)C)c1ccccc1. The van der Waals surface area contributed by atoms with Crippen molar-refractivity contribution < 1.29 is 4.21 Å². The highest BCUT2D eigenvalue weighted by Crippen LogP contribution is 2.33. The van der Waals surface area contributed by atoms with E-state index in [9.17, 15) is 4.21 Å². The van der Waals surface area contributed by atoms with Gasteiger partial charge < -0.3 is 0 Å².